The number of hydrazone groups is 1. The van der Waals surface area contributed by atoms with Crippen molar-refractivity contribution < 1.29 is 17.6 Å². The number of sulfonamides is 1. The number of halogens is 1. The number of nitrogens with one attached hydrogen (secondary N) is 1. The van der Waals surface area contributed by atoms with Crippen molar-refractivity contribution in [2.24, 2.45) is 5.10 Å². The number of benzene rings is 3. The minimum atomic E-state index is -3.71. The Morgan fingerprint density at radius 2 is 1.61 bits per heavy atom. The van der Waals surface area contributed by atoms with E-state index in [9.17, 15) is 17.6 Å². The fraction of sp³-hybridized carbons (Fsp3) is 0.111. The van der Waals surface area contributed by atoms with Gasteiger partial charge in [0.15, 0.2) is 0 Å². The Balaban J connectivity index is 1.44. The molecule has 184 valence electrons. The summed E-state index contributed by atoms with van der Waals surface area (Å²) in [7, 11) is -2.25. The maximum absolute atomic E-state index is 13.3. The molecule has 0 aliphatic heterocycles. The number of aryl methyl sites for hydroxylation is 1. The van der Waals surface area contributed by atoms with Crippen LogP contribution in [0.1, 0.15) is 27.3 Å². The van der Waals surface area contributed by atoms with Crippen molar-refractivity contribution in [3.8, 4) is 5.69 Å². The van der Waals surface area contributed by atoms with Crippen molar-refractivity contribution in [1.82, 2.24) is 9.99 Å². The van der Waals surface area contributed by atoms with Crippen LogP contribution in [0, 0.1) is 19.7 Å². The lowest BCUT2D eigenvalue weighted by molar-refractivity contribution is 0.0955. The van der Waals surface area contributed by atoms with Crippen molar-refractivity contribution in [2.75, 3.05) is 11.4 Å². The summed E-state index contributed by atoms with van der Waals surface area (Å²) in [6.45, 7) is 3.85. The smallest absolute Gasteiger partial charge is 0.271 e. The van der Waals surface area contributed by atoms with Gasteiger partial charge >= 0.3 is 0 Å². The maximum Gasteiger partial charge on any atom is 0.271 e. The summed E-state index contributed by atoms with van der Waals surface area (Å²) in [4.78, 5) is 12.7. The number of carbonyl (C=O) groups excluding carboxylic acids is 1. The average Bonchev–Trinajstić information content (AvgIpc) is 3.17. The van der Waals surface area contributed by atoms with Crippen LogP contribution in [0.4, 0.5) is 10.1 Å². The number of carbonyl (C=O) groups is 1. The van der Waals surface area contributed by atoms with Crippen LogP contribution in [0.25, 0.3) is 5.69 Å². The van der Waals surface area contributed by atoms with Gasteiger partial charge in [-0.05, 0) is 80.6 Å². The van der Waals surface area contributed by atoms with Crippen molar-refractivity contribution in [3.05, 3.63) is 113 Å². The second-order valence-corrected chi connectivity index (χ2v) is 10.1. The fourth-order valence-electron chi connectivity index (χ4n) is 3.84. The first-order valence-corrected chi connectivity index (χ1v) is 12.5. The predicted molar refractivity (Wildman–Crippen MR) is 139 cm³/mol. The first kappa shape index (κ1) is 24.9. The SMILES string of the molecule is Cc1cc(/C=N/NC(=O)c2ccc(N(C)S(=O)(=O)c3ccccc3)cc2)c(C)n1-c1ccc(F)cc1. The van der Waals surface area contributed by atoms with Gasteiger partial charge in [0.05, 0.1) is 16.8 Å². The molecule has 1 amide bonds. The third kappa shape index (κ3) is 5.06. The van der Waals surface area contributed by atoms with E-state index in [-0.39, 0.29) is 10.7 Å². The highest BCUT2D eigenvalue weighted by molar-refractivity contribution is 7.92. The van der Waals surface area contributed by atoms with Gasteiger partial charge in [0.2, 0.25) is 0 Å². The predicted octanol–water partition coefficient (Wildman–Crippen LogP) is 4.82. The highest BCUT2D eigenvalue weighted by Gasteiger charge is 2.21. The fourth-order valence-corrected chi connectivity index (χ4v) is 5.06. The van der Waals surface area contributed by atoms with E-state index in [0.29, 0.717) is 11.3 Å². The minimum absolute atomic E-state index is 0.183. The Kier molecular flexibility index (Phi) is 7.03. The summed E-state index contributed by atoms with van der Waals surface area (Å²) >= 11 is 0. The Morgan fingerprint density at radius 1 is 0.972 bits per heavy atom. The van der Waals surface area contributed by atoms with Crippen LogP contribution in [0.3, 0.4) is 0 Å². The highest BCUT2D eigenvalue weighted by atomic mass is 32.2. The van der Waals surface area contributed by atoms with Crippen LogP contribution in [0.2, 0.25) is 0 Å². The highest BCUT2D eigenvalue weighted by Crippen LogP contribution is 2.23. The lowest BCUT2D eigenvalue weighted by Crippen LogP contribution is -2.26. The number of anilines is 1. The molecule has 0 radical (unpaired) electrons. The van der Waals surface area contributed by atoms with E-state index in [1.165, 1.54) is 47.8 Å². The van der Waals surface area contributed by atoms with Crippen molar-refractivity contribution in [3.63, 3.8) is 0 Å². The molecule has 3 aromatic carbocycles. The molecular formula is C27H25FN4O3S. The molecule has 0 saturated heterocycles. The lowest BCUT2D eigenvalue weighted by atomic mass is 10.2. The average molecular weight is 505 g/mol. The van der Waals surface area contributed by atoms with E-state index in [2.05, 4.69) is 10.5 Å². The largest absolute Gasteiger partial charge is 0.318 e. The summed E-state index contributed by atoms with van der Waals surface area (Å²) in [6.07, 6.45) is 1.55. The lowest BCUT2D eigenvalue weighted by Gasteiger charge is -2.19. The molecule has 0 atom stereocenters. The van der Waals surface area contributed by atoms with Gasteiger partial charge in [-0.25, -0.2) is 18.2 Å². The van der Waals surface area contributed by atoms with Crippen LogP contribution in [-0.4, -0.2) is 32.2 Å². The number of rotatable bonds is 7. The normalized spacial score (nSPS) is 11.6. The van der Waals surface area contributed by atoms with E-state index in [4.69, 9.17) is 0 Å². The number of amides is 1. The maximum atomic E-state index is 13.3. The van der Waals surface area contributed by atoms with Gasteiger partial charge in [-0.1, -0.05) is 18.2 Å². The molecule has 4 aromatic rings. The van der Waals surface area contributed by atoms with E-state index in [1.54, 1.807) is 48.7 Å². The molecule has 36 heavy (non-hydrogen) atoms. The van der Waals surface area contributed by atoms with Gasteiger partial charge in [0.25, 0.3) is 15.9 Å². The van der Waals surface area contributed by atoms with Crippen LogP contribution < -0.4 is 9.73 Å². The topological polar surface area (TPSA) is 83.8 Å². The van der Waals surface area contributed by atoms with Gasteiger partial charge in [-0.3, -0.25) is 9.10 Å². The van der Waals surface area contributed by atoms with Crippen LogP contribution >= 0.6 is 0 Å². The Labute approximate surface area is 209 Å². The van der Waals surface area contributed by atoms with Gasteiger partial charge in [-0.15, -0.1) is 0 Å². The molecule has 0 fully saturated rings. The van der Waals surface area contributed by atoms with Crippen LogP contribution in [-0.2, 0) is 10.0 Å². The minimum Gasteiger partial charge on any atom is -0.318 e. The second kappa shape index (κ2) is 10.2. The van der Waals surface area contributed by atoms with Gasteiger partial charge in [0.1, 0.15) is 5.82 Å². The molecular weight excluding hydrogens is 479 g/mol. The number of hydrogen-bond acceptors (Lipinski definition) is 4. The number of aromatic nitrogens is 1. The van der Waals surface area contributed by atoms with Gasteiger partial charge < -0.3 is 4.57 Å². The van der Waals surface area contributed by atoms with Crippen molar-refractivity contribution in [1.29, 1.82) is 0 Å². The van der Waals surface area contributed by atoms with Crippen molar-refractivity contribution >= 4 is 27.8 Å². The molecule has 4 rings (SSSR count). The van der Waals surface area contributed by atoms with Crippen molar-refractivity contribution in [2.45, 2.75) is 18.7 Å². The summed E-state index contributed by atoms with van der Waals surface area (Å²) in [5, 5.41) is 4.07. The zero-order chi connectivity index (χ0) is 25.9. The zero-order valence-electron chi connectivity index (χ0n) is 20.0. The molecule has 9 heteroatoms. The summed E-state index contributed by atoms with van der Waals surface area (Å²) < 4.78 is 42.0. The van der Waals surface area contributed by atoms with E-state index in [0.717, 1.165) is 22.6 Å². The monoisotopic (exact) mass is 504 g/mol. The molecule has 0 bridgehead atoms. The number of nitrogens with zero attached hydrogens (tertiary/aromatic N) is 3. The molecule has 0 aliphatic rings. The zero-order valence-corrected chi connectivity index (χ0v) is 20.8. The van der Waals surface area contributed by atoms with E-state index < -0.39 is 15.9 Å². The van der Waals surface area contributed by atoms with Gasteiger partial charge in [-0.2, -0.15) is 5.10 Å². The van der Waals surface area contributed by atoms with E-state index >= 15 is 0 Å². The molecule has 0 spiro atoms. The molecule has 0 unspecified atom stereocenters. The Bertz CT molecular complexity index is 1510. The number of hydrogen-bond donors (Lipinski definition) is 1. The first-order valence-electron chi connectivity index (χ1n) is 11.1. The molecule has 1 aromatic heterocycles. The standard InChI is InChI=1S/C27H25FN4O3S/c1-19-17-22(20(2)32(19)25-15-11-23(28)12-16-25)18-29-30-27(33)21-9-13-24(14-10-21)31(3)36(34,35)26-7-5-4-6-8-26/h4-18H,1-3H3,(H,30,33)/b29-18+. The molecule has 0 saturated carbocycles. The molecule has 7 nitrogen and oxygen atoms in total. The Morgan fingerprint density at radius 3 is 2.25 bits per heavy atom. The third-order valence-electron chi connectivity index (χ3n) is 5.82. The van der Waals surface area contributed by atoms with E-state index in [1.807, 2.05) is 24.5 Å². The summed E-state index contributed by atoms with van der Waals surface area (Å²) in [6, 6.07) is 22.5. The van der Waals surface area contributed by atoms with Gasteiger partial charge in [0, 0.05) is 35.2 Å². The first-order chi connectivity index (χ1) is 17.2. The van der Waals surface area contributed by atoms with Crippen LogP contribution in [0.5, 0.6) is 0 Å². The third-order valence-corrected chi connectivity index (χ3v) is 7.62. The summed E-state index contributed by atoms with van der Waals surface area (Å²) in [5.74, 6) is -0.734. The molecule has 1 heterocycles. The summed E-state index contributed by atoms with van der Waals surface area (Å²) in [5.41, 5.74) is 6.72. The Hall–Kier alpha value is -4.24. The second-order valence-electron chi connectivity index (χ2n) is 8.17. The van der Waals surface area contributed by atoms with Crippen LogP contribution in [0.15, 0.2) is 94.9 Å². The molecule has 0 aliphatic carbocycles. The quantitative estimate of drug-likeness (QED) is 0.289. The molecule has 1 N–H and O–H groups in total.